The summed E-state index contributed by atoms with van der Waals surface area (Å²) in [7, 11) is 0. The van der Waals surface area contributed by atoms with Gasteiger partial charge in [0.05, 0.1) is 18.4 Å². The number of aromatic nitrogens is 1. The van der Waals surface area contributed by atoms with Gasteiger partial charge in [-0.25, -0.2) is 4.39 Å². The van der Waals surface area contributed by atoms with Gasteiger partial charge >= 0.3 is 0 Å². The first-order chi connectivity index (χ1) is 11.7. The monoisotopic (exact) mass is 344 g/mol. The quantitative estimate of drug-likeness (QED) is 0.829. The van der Waals surface area contributed by atoms with Gasteiger partial charge in [-0.2, -0.15) is 0 Å². The Morgan fingerprint density at radius 3 is 2.83 bits per heavy atom. The number of rotatable bonds is 5. The molecule has 2 fully saturated rings. The highest BCUT2D eigenvalue weighted by Gasteiger charge is 2.49. The lowest BCUT2D eigenvalue weighted by atomic mass is 9.92. The third-order valence-electron chi connectivity index (χ3n) is 4.74. The minimum atomic E-state index is -0.103. The highest BCUT2D eigenvalue weighted by Crippen LogP contribution is 2.46. The van der Waals surface area contributed by atoms with Crippen molar-refractivity contribution < 1.29 is 9.13 Å². The van der Waals surface area contributed by atoms with Crippen LogP contribution in [0.4, 0.5) is 4.39 Å². The zero-order valence-electron chi connectivity index (χ0n) is 13.5. The molecule has 5 heteroatoms. The predicted molar refractivity (Wildman–Crippen MR) is 94.3 cm³/mol. The molecule has 0 amide bonds. The van der Waals surface area contributed by atoms with Crippen molar-refractivity contribution in [1.29, 1.82) is 0 Å². The molecule has 1 aromatic carbocycles. The zero-order chi connectivity index (χ0) is 16.4. The number of ether oxygens (including phenoxy) is 1. The van der Waals surface area contributed by atoms with Gasteiger partial charge in [0.15, 0.2) is 0 Å². The largest absolute Gasteiger partial charge is 0.371 e. The summed E-state index contributed by atoms with van der Waals surface area (Å²) >= 11 is 2.01. The van der Waals surface area contributed by atoms with E-state index in [1.165, 1.54) is 6.07 Å². The molecule has 2 saturated heterocycles. The third-order valence-corrected chi connectivity index (χ3v) is 6.32. The maximum Gasteiger partial charge on any atom is 0.127 e. The minimum absolute atomic E-state index is 0.103. The SMILES string of the molecule is Fc1ccccc1CN1CC2(C[C@H](OCc3ccccn3)CS2)C1. The highest BCUT2D eigenvalue weighted by atomic mass is 32.2. The van der Waals surface area contributed by atoms with Crippen molar-refractivity contribution in [3.63, 3.8) is 0 Å². The summed E-state index contributed by atoms with van der Waals surface area (Å²) in [6, 6.07) is 13.0. The van der Waals surface area contributed by atoms with Crippen molar-refractivity contribution >= 4 is 11.8 Å². The number of nitrogens with zero attached hydrogens (tertiary/aromatic N) is 2. The normalized spacial score (nSPS) is 22.6. The number of likely N-dealkylation sites (tertiary alicyclic amines) is 1. The molecule has 0 bridgehead atoms. The first-order valence-electron chi connectivity index (χ1n) is 8.34. The maximum atomic E-state index is 13.7. The molecule has 0 N–H and O–H groups in total. The average molecular weight is 344 g/mol. The van der Waals surface area contributed by atoms with Gasteiger partial charge in [0, 0.05) is 41.9 Å². The van der Waals surface area contributed by atoms with Crippen LogP contribution in [0.15, 0.2) is 48.7 Å². The molecule has 24 heavy (non-hydrogen) atoms. The molecule has 2 aromatic rings. The first-order valence-corrected chi connectivity index (χ1v) is 9.32. The molecule has 0 unspecified atom stereocenters. The summed E-state index contributed by atoms with van der Waals surface area (Å²) in [5.74, 6) is 0.939. The van der Waals surface area contributed by atoms with Crippen LogP contribution >= 0.6 is 11.8 Å². The highest BCUT2D eigenvalue weighted by molar-refractivity contribution is 8.01. The van der Waals surface area contributed by atoms with Crippen LogP contribution < -0.4 is 0 Å². The van der Waals surface area contributed by atoms with Crippen LogP contribution in [0.1, 0.15) is 17.7 Å². The van der Waals surface area contributed by atoms with Crippen molar-refractivity contribution in [1.82, 2.24) is 9.88 Å². The predicted octanol–water partition coefficient (Wildman–Crippen LogP) is 3.50. The molecule has 0 aliphatic carbocycles. The molecule has 2 aliphatic heterocycles. The second kappa shape index (κ2) is 6.82. The van der Waals surface area contributed by atoms with E-state index >= 15 is 0 Å². The molecule has 1 aromatic heterocycles. The lowest BCUT2D eigenvalue weighted by molar-refractivity contribution is 0.0249. The van der Waals surface area contributed by atoms with E-state index in [1.54, 1.807) is 12.3 Å². The van der Waals surface area contributed by atoms with Crippen molar-refractivity contribution in [3.8, 4) is 0 Å². The van der Waals surface area contributed by atoms with Gasteiger partial charge in [0.2, 0.25) is 0 Å². The molecule has 1 spiro atoms. The van der Waals surface area contributed by atoms with Crippen LogP contribution in [0.2, 0.25) is 0 Å². The van der Waals surface area contributed by atoms with Gasteiger partial charge in [-0.15, -0.1) is 11.8 Å². The van der Waals surface area contributed by atoms with E-state index in [2.05, 4.69) is 9.88 Å². The average Bonchev–Trinajstić information content (AvgIpc) is 3.00. The van der Waals surface area contributed by atoms with Crippen LogP contribution in [0.5, 0.6) is 0 Å². The Morgan fingerprint density at radius 1 is 1.21 bits per heavy atom. The fourth-order valence-corrected chi connectivity index (χ4v) is 5.17. The minimum Gasteiger partial charge on any atom is -0.371 e. The molecule has 3 nitrogen and oxygen atoms in total. The number of hydrogen-bond acceptors (Lipinski definition) is 4. The first kappa shape index (κ1) is 16.1. The van der Waals surface area contributed by atoms with Gasteiger partial charge in [-0.05, 0) is 24.6 Å². The zero-order valence-corrected chi connectivity index (χ0v) is 14.3. The third kappa shape index (κ3) is 3.48. The lowest BCUT2D eigenvalue weighted by Gasteiger charge is -2.47. The Hall–Kier alpha value is -1.43. The maximum absolute atomic E-state index is 13.7. The Labute approximate surface area is 146 Å². The van der Waals surface area contributed by atoms with Crippen molar-refractivity contribution in [2.24, 2.45) is 0 Å². The van der Waals surface area contributed by atoms with Crippen molar-refractivity contribution in [3.05, 3.63) is 65.7 Å². The molecule has 0 radical (unpaired) electrons. The van der Waals surface area contributed by atoms with Gasteiger partial charge in [0.1, 0.15) is 5.82 Å². The van der Waals surface area contributed by atoms with Gasteiger partial charge in [-0.1, -0.05) is 24.3 Å². The van der Waals surface area contributed by atoms with E-state index in [0.29, 0.717) is 24.0 Å². The van der Waals surface area contributed by atoms with Crippen molar-refractivity contribution in [2.45, 2.75) is 30.4 Å². The molecular formula is C19H21FN2OS. The lowest BCUT2D eigenvalue weighted by Crippen LogP contribution is -2.58. The second-order valence-electron chi connectivity index (χ2n) is 6.69. The van der Waals surface area contributed by atoms with Crippen LogP contribution in [-0.2, 0) is 17.9 Å². The Balaban J connectivity index is 1.25. The number of hydrogen-bond donors (Lipinski definition) is 0. The van der Waals surface area contributed by atoms with E-state index in [0.717, 1.165) is 36.5 Å². The number of thioether (sulfide) groups is 1. The van der Waals surface area contributed by atoms with E-state index in [9.17, 15) is 4.39 Å². The Morgan fingerprint density at radius 2 is 2.04 bits per heavy atom. The number of halogens is 1. The Kier molecular flexibility index (Phi) is 4.57. The summed E-state index contributed by atoms with van der Waals surface area (Å²) in [5.41, 5.74) is 1.77. The van der Waals surface area contributed by atoms with Gasteiger partial charge < -0.3 is 4.74 Å². The molecule has 126 valence electrons. The van der Waals surface area contributed by atoms with E-state index in [1.807, 2.05) is 42.1 Å². The van der Waals surface area contributed by atoms with Gasteiger partial charge in [-0.3, -0.25) is 9.88 Å². The second-order valence-corrected chi connectivity index (χ2v) is 8.18. The topological polar surface area (TPSA) is 25.4 Å². The number of benzene rings is 1. The smallest absolute Gasteiger partial charge is 0.127 e. The molecular weight excluding hydrogens is 323 g/mol. The van der Waals surface area contributed by atoms with E-state index in [-0.39, 0.29) is 5.82 Å². The molecule has 3 heterocycles. The van der Waals surface area contributed by atoms with Crippen molar-refractivity contribution in [2.75, 3.05) is 18.8 Å². The summed E-state index contributed by atoms with van der Waals surface area (Å²) < 4.78 is 20.1. The summed E-state index contributed by atoms with van der Waals surface area (Å²) in [5, 5.41) is 0. The summed E-state index contributed by atoms with van der Waals surface area (Å²) in [6.07, 6.45) is 3.18. The fourth-order valence-electron chi connectivity index (χ4n) is 3.56. The van der Waals surface area contributed by atoms with Crippen LogP contribution in [0.3, 0.4) is 0 Å². The molecule has 0 saturated carbocycles. The standard InChI is InChI=1S/C19H21FN2OS/c20-18-7-2-1-5-15(18)10-22-13-19(14-22)9-17(12-24-19)23-11-16-6-3-4-8-21-16/h1-8,17H,9-14H2/t17-/m0/s1. The summed E-state index contributed by atoms with van der Waals surface area (Å²) in [4.78, 5) is 6.63. The van der Waals surface area contributed by atoms with Crippen LogP contribution in [0.25, 0.3) is 0 Å². The van der Waals surface area contributed by atoms with E-state index in [4.69, 9.17) is 4.74 Å². The number of pyridine rings is 1. The Bertz CT molecular complexity index is 691. The molecule has 4 rings (SSSR count). The molecule has 2 aliphatic rings. The molecule has 1 atom stereocenters. The van der Waals surface area contributed by atoms with Crippen LogP contribution in [0, 0.1) is 5.82 Å². The van der Waals surface area contributed by atoms with Gasteiger partial charge in [0.25, 0.3) is 0 Å². The summed E-state index contributed by atoms with van der Waals surface area (Å²) in [6.45, 7) is 3.33. The van der Waals surface area contributed by atoms with Crippen LogP contribution in [-0.4, -0.2) is 39.6 Å². The fraction of sp³-hybridized carbons (Fsp3) is 0.421. The van der Waals surface area contributed by atoms with E-state index < -0.39 is 0 Å².